The third-order valence-electron chi connectivity index (χ3n) is 4.52. The lowest BCUT2D eigenvalue weighted by atomic mass is 10.0. The molecule has 2 N–H and O–H groups in total. The summed E-state index contributed by atoms with van der Waals surface area (Å²) in [6, 6.07) is 0.718. The summed E-state index contributed by atoms with van der Waals surface area (Å²) in [6.45, 7) is 0.108. The van der Waals surface area contributed by atoms with Gasteiger partial charge in [0.1, 0.15) is 11.9 Å². The summed E-state index contributed by atoms with van der Waals surface area (Å²) >= 11 is 0. The van der Waals surface area contributed by atoms with Crippen molar-refractivity contribution in [2.75, 3.05) is 0 Å². The zero-order valence-corrected chi connectivity index (χ0v) is 11.9. The van der Waals surface area contributed by atoms with Crippen molar-refractivity contribution < 1.29 is 23.6 Å². The lowest BCUT2D eigenvalue weighted by molar-refractivity contribution is -0.136. The van der Waals surface area contributed by atoms with Gasteiger partial charge in [-0.3, -0.25) is 24.5 Å². The summed E-state index contributed by atoms with van der Waals surface area (Å²) in [5.74, 6) is -2.57. The number of nitrogens with zero attached hydrogens (tertiary/aromatic N) is 1. The van der Waals surface area contributed by atoms with Crippen molar-refractivity contribution in [1.29, 1.82) is 0 Å². The summed E-state index contributed by atoms with van der Waals surface area (Å²) in [4.78, 5) is 48.7. The number of hydrogen-bond donors (Lipinski definition) is 2. The average molecular weight is 317 g/mol. The zero-order valence-electron chi connectivity index (χ0n) is 11.9. The van der Waals surface area contributed by atoms with Gasteiger partial charge in [-0.05, 0) is 18.1 Å². The number of benzene rings is 1. The Morgan fingerprint density at radius 2 is 2.00 bits per heavy atom. The Balaban J connectivity index is 1.72. The molecule has 1 aromatic rings. The Labute approximate surface area is 129 Å². The molecule has 1 fully saturated rings. The fourth-order valence-electron chi connectivity index (χ4n) is 3.37. The third kappa shape index (κ3) is 1.87. The van der Waals surface area contributed by atoms with E-state index in [-0.39, 0.29) is 48.5 Å². The van der Waals surface area contributed by atoms with E-state index < -0.39 is 29.6 Å². The number of carbonyl (C=O) groups excluding carboxylic acids is 4. The first-order valence-corrected chi connectivity index (χ1v) is 7.24. The van der Waals surface area contributed by atoms with Crippen LogP contribution in [-0.2, 0) is 22.7 Å². The Kier molecular flexibility index (Phi) is 2.78. The van der Waals surface area contributed by atoms with E-state index in [1.54, 1.807) is 0 Å². The average Bonchev–Trinajstić information content (AvgIpc) is 3.02. The minimum Gasteiger partial charge on any atom is -0.348 e. The molecule has 1 unspecified atom stereocenters. The van der Waals surface area contributed by atoms with Crippen molar-refractivity contribution in [3.8, 4) is 0 Å². The summed E-state index contributed by atoms with van der Waals surface area (Å²) < 4.78 is 14.6. The number of fused-ring (bicyclic) bond motifs is 2. The quantitative estimate of drug-likeness (QED) is 0.703. The molecule has 3 aliphatic rings. The maximum Gasteiger partial charge on any atom is 0.255 e. The molecule has 4 amide bonds. The van der Waals surface area contributed by atoms with Crippen LogP contribution >= 0.6 is 0 Å². The molecule has 0 radical (unpaired) electrons. The highest BCUT2D eigenvalue weighted by Crippen LogP contribution is 2.33. The second kappa shape index (κ2) is 4.61. The standard InChI is InChI=1S/C15H12FN3O4/c16-12-8-5-19(9-1-2-10(20)18-13(9)21)15(23)7(8)3-6-4-17-14(22)11(6)12/h3,9H,1-2,4-5H2,(H,17,22)(H,18,20,21). The van der Waals surface area contributed by atoms with Crippen LogP contribution in [0.2, 0.25) is 0 Å². The van der Waals surface area contributed by atoms with Crippen LogP contribution in [0.1, 0.15) is 44.7 Å². The van der Waals surface area contributed by atoms with Gasteiger partial charge >= 0.3 is 0 Å². The van der Waals surface area contributed by atoms with E-state index in [0.29, 0.717) is 5.56 Å². The van der Waals surface area contributed by atoms with Crippen LogP contribution in [0.3, 0.4) is 0 Å². The lowest BCUT2D eigenvalue weighted by Gasteiger charge is -2.29. The monoisotopic (exact) mass is 317 g/mol. The topological polar surface area (TPSA) is 95.6 Å². The van der Waals surface area contributed by atoms with Gasteiger partial charge < -0.3 is 10.2 Å². The normalized spacial score (nSPS) is 22.8. The van der Waals surface area contributed by atoms with Gasteiger partial charge in [-0.1, -0.05) is 0 Å². The van der Waals surface area contributed by atoms with Crippen LogP contribution in [-0.4, -0.2) is 34.6 Å². The second-order valence-corrected chi connectivity index (χ2v) is 5.83. The van der Waals surface area contributed by atoms with Gasteiger partial charge in [0, 0.05) is 24.1 Å². The smallest absolute Gasteiger partial charge is 0.255 e. The molecule has 1 atom stereocenters. The van der Waals surface area contributed by atoms with Crippen molar-refractivity contribution in [3.05, 3.63) is 34.1 Å². The summed E-state index contributed by atoms with van der Waals surface area (Å²) in [7, 11) is 0. The van der Waals surface area contributed by atoms with Crippen LogP contribution in [0.25, 0.3) is 0 Å². The highest BCUT2D eigenvalue weighted by molar-refractivity contribution is 6.07. The van der Waals surface area contributed by atoms with E-state index >= 15 is 0 Å². The number of rotatable bonds is 1. The number of piperidine rings is 1. The van der Waals surface area contributed by atoms with E-state index in [0.717, 1.165) is 0 Å². The Morgan fingerprint density at radius 3 is 2.74 bits per heavy atom. The minimum atomic E-state index is -0.796. The molecule has 23 heavy (non-hydrogen) atoms. The summed E-state index contributed by atoms with van der Waals surface area (Å²) in [6.07, 6.45) is 0.351. The van der Waals surface area contributed by atoms with Crippen molar-refractivity contribution in [1.82, 2.24) is 15.5 Å². The molecule has 3 heterocycles. The van der Waals surface area contributed by atoms with Crippen molar-refractivity contribution in [2.24, 2.45) is 0 Å². The maximum atomic E-state index is 14.6. The molecule has 118 valence electrons. The number of nitrogens with one attached hydrogen (secondary N) is 2. The van der Waals surface area contributed by atoms with E-state index in [1.165, 1.54) is 11.0 Å². The predicted octanol–water partition coefficient (Wildman–Crippen LogP) is -0.170. The lowest BCUT2D eigenvalue weighted by Crippen LogP contribution is -2.52. The van der Waals surface area contributed by atoms with Crippen LogP contribution in [0.5, 0.6) is 0 Å². The Hall–Kier alpha value is -2.77. The van der Waals surface area contributed by atoms with Gasteiger partial charge in [0.05, 0.1) is 12.1 Å². The molecule has 0 bridgehead atoms. The van der Waals surface area contributed by atoms with Gasteiger partial charge in [0.2, 0.25) is 11.8 Å². The SMILES string of the molecule is O=C1CCC(N2Cc3c(cc4c(c3F)C(=O)NC4)C2=O)C(=O)N1. The molecule has 0 spiro atoms. The molecule has 1 saturated heterocycles. The molecule has 3 aliphatic heterocycles. The molecule has 0 aliphatic carbocycles. The maximum absolute atomic E-state index is 14.6. The van der Waals surface area contributed by atoms with Crippen molar-refractivity contribution >= 4 is 23.6 Å². The van der Waals surface area contributed by atoms with E-state index in [9.17, 15) is 23.6 Å². The predicted molar refractivity (Wildman–Crippen MR) is 73.6 cm³/mol. The fraction of sp³-hybridized carbons (Fsp3) is 0.333. The van der Waals surface area contributed by atoms with Gasteiger partial charge in [0.15, 0.2) is 0 Å². The number of carbonyl (C=O) groups is 4. The number of amides is 4. The number of halogens is 1. The first-order chi connectivity index (χ1) is 11.0. The molecule has 0 saturated carbocycles. The number of hydrogen-bond acceptors (Lipinski definition) is 4. The molecular weight excluding hydrogens is 305 g/mol. The molecule has 4 rings (SSSR count). The molecule has 7 nitrogen and oxygen atoms in total. The molecule has 0 aromatic heterocycles. The summed E-state index contributed by atoms with van der Waals surface area (Å²) in [5, 5.41) is 4.72. The van der Waals surface area contributed by atoms with E-state index in [4.69, 9.17) is 0 Å². The molecule has 1 aromatic carbocycles. The Bertz CT molecular complexity index is 804. The number of imide groups is 1. The van der Waals surface area contributed by atoms with E-state index in [1.807, 2.05) is 0 Å². The van der Waals surface area contributed by atoms with Crippen LogP contribution in [0.15, 0.2) is 6.07 Å². The van der Waals surface area contributed by atoms with Crippen molar-refractivity contribution in [3.63, 3.8) is 0 Å². The Morgan fingerprint density at radius 1 is 1.22 bits per heavy atom. The minimum absolute atomic E-state index is 0.0262. The highest BCUT2D eigenvalue weighted by atomic mass is 19.1. The van der Waals surface area contributed by atoms with Gasteiger partial charge in [-0.25, -0.2) is 4.39 Å². The van der Waals surface area contributed by atoms with Gasteiger partial charge in [-0.2, -0.15) is 0 Å². The first-order valence-electron chi connectivity index (χ1n) is 7.24. The zero-order chi connectivity index (χ0) is 16.3. The van der Waals surface area contributed by atoms with Gasteiger partial charge in [0.25, 0.3) is 11.8 Å². The first kappa shape index (κ1) is 13.9. The molecule has 8 heteroatoms. The van der Waals surface area contributed by atoms with Gasteiger partial charge in [-0.15, -0.1) is 0 Å². The summed E-state index contributed by atoms with van der Waals surface area (Å²) in [5.41, 5.74) is 0.740. The van der Waals surface area contributed by atoms with Crippen LogP contribution in [0.4, 0.5) is 4.39 Å². The van der Waals surface area contributed by atoms with Crippen molar-refractivity contribution in [2.45, 2.75) is 32.0 Å². The third-order valence-corrected chi connectivity index (χ3v) is 4.52. The largest absolute Gasteiger partial charge is 0.348 e. The molecular formula is C15H12FN3O4. The van der Waals surface area contributed by atoms with Crippen LogP contribution < -0.4 is 10.6 Å². The fourth-order valence-corrected chi connectivity index (χ4v) is 3.37. The second-order valence-electron chi connectivity index (χ2n) is 5.83. The van der Waals surface area contributed by atoms with Crippen LogP contribution in [0, 0.1) is 5.82 Å². The highest BCUT2D eigenvalue weighted by Gasteiger charge is 2.42. The van der Waals surface area contributed by atoms with E-state index in [2.05, 4.69) is 10.6 Å².